The predicted molar refractivity (Wildman–Crippen MR) is 76.2 cm³/mol. The molecule has 1 heterocycles. The summed E-state index contributed by atoms with van der Waals surface area (Å²) in [4.78, 5) is 25.7. The van der Waals surface area contributed by atoms with Crippen LogP contribution in [0.25, 0.3) is 0 Å². The molecule has 18 heavy (non-hydrogen) atoms. The Labute approximate surface area is 126 Å². The van der Waals surface area contributed by atoms with Gasteiger partial charge >= 0.3 is 0 Å². The van der Waals surface area contributed by atoms with Gasteiger partial charge in [0.2, 0.25) is 11.8 Å². The number of benzene rings is 1. The van der Waals surface area contributed by atoms with Gasteiger partial charge in [-0.15, -0.1) is 0 Å². The third kappa shape index (κ3) is 1.60. The number of halogens is 3. The molecule has 1 spiro atoms. The quantitative estimate of drug-likeness (QED) is 0.541. The van der Waals surface area contributed by atoms with Gasteiger partial charge in [0.15, 0.2) is 0 Å². The molecule has 0 bridgehead atoms. The second-order valence-corrected chi connectivity index (χ2v) is 8.86. The van der Waals surface area contributed by atoms with Crippen molar-refractivity contribution in [1.29, 1.82) is 0 Å². The summed E-state index contributed by atoms with van der Waals surface area (Å²) in [6.07, 6.45) is 0.875. The zero-order chi connectivity index (χ0) is 13.1. The van der Waals surface area contributed by atoms with Crippen molar-refractivity contribution in [2.75, 3.05) is 4.90 Å². The van der Waals surface area contributed by atoms with Crippen LogP contribution >= 0.6 is 43.5 Å². The summed E-state index contributed by atoms with van der Waals surface area (Å²) < 4.78 is -0.430. The minimum absolute atomic E-state index is 0.149. The Bertz CT molecular complexity index is 558. The van der Waals surface area contributed by atoms with Crippen molar-refractivity contribution in [2.24, 2.45) is 5.41 Å². The normalized spacial score (nSPS) is 29.2. The molecule has 2 aliphatic rings. The Morgan fingerprint density at radius 1 is 1.17 bits per heavy atom. The van der Waals surface area contributed by atoms with Gasteiger partial charge in [-0.05, 0) is 30.7 Å². The van der Waals surface area contributed by atoms with E-state index in [0.29, 0.717) is 17.1 Å². The van der Waals surface area contributed by atoms with E-state index in [0.717, 1.165) is 0 Å². The zero-order valence-corrected chi connectivity index (χ0v) is 13.0. The van der Waals surface area contributed by atoms with Gasteiger partial charge in [0, 0.05) is 11.4 Å². The fourth-order valence-corrected chi connectivity index (χ4v) is 4.05. The molecule has 1 unspecified atom stereocenters. The van der Waals surface area contributed by atoms with E-state index < -0.39 is 8.65 Å². The van der Waals surface area contributed by atoms with Gasteiger partial charge in [-0.3, -0.25) is 9.59 Å². The summed E-state index contributed by atoms with van der Waals surface area (Å²) >= 11 is 12.7. The first-order valence-electron chi connectivity index (χ1n) is 5.38. The van der Waals surface area contributed by atoms with E-state index in [1.54, 1.807) is 24.3 Å². The summed E-state index contributed by atoms with van der Waals surface area (Å²) in [6, 6.07) is 6.71. The average Bonchev–Trinajstić information content (AvgIpc) is 2.74. The molecule has 3 nitrogen and oxygen atoms in total. The van der Waals surface area contributed by atoms with Gasteiger partial charge in [0.1, 0.15) is 0 Å². The lowest BCUT2D eigenvalue weighted by Crippen LogP contribution is -2.32. The maximum atomic E-state index is 12.4. The van der Waals surface area contributed by atoms with Crippen molar-refractivity contribution in [3.05, 3.63) is 29.3 Å². The smallest absolute Gasteiger partial charge is 0.242 e. The molecule has 1 saturated carbocycles. The molecule has 2 amide bonds. The van der Waals surface area contributed by atoms with Crippen LogP contribution in [-0.2, 0) is 9.59 Å². The molecule has 1 aliphatic carbocycles. The number of carbonyl (C=O) groups is 2. The maximum absolute atomic E-state index is 12.4. The van der Waals surface area contributed by atoms with Crippen LogP contribution < -0.4 is 4.90 Å². The number of imide groups is 1. The fourth-order valence-electron chi connectivity index (χ4n) is 2.35. The second kappa shape index (κ2) is 3.81. The Morgan fingerprint density at radius 3 is 2.17 bits per heavy atom. The molecule has 1 saturated heterocycles. The molecule has 0 N–H and O–H groups in total. The number of rotatable bonds is 1. The van der Waals surface area contributed by atoms with Crippen molar-refractivity contribution in [3.63, 3.8) is 0 Å². The van der Waals surface area contributed by atoms with Crippen molar-refractivity contribution in [3.8, 4) is 0 Å². The molecule has 1 aromatic rings. The van der Waals surface area contributed by atoms with Crippen LogP contribution in [0.15, 0.2) is 24.3 Å². The van der Waals surface area contributed by atoms with Crippen molar-refractivity contribution < 1.29 is 9.59 Å². The van der Waals surface area contributed by atoms with Gasteiger partial charge < -0.3 is 0 Å². The Balaban J connectivity index is 1.97. The summed E-state index contributed by atoms with van der Waals surface area (Å²) in [5, 5.41) is 0.578. The van der Waals surface area contributed by atoms with Crippen molar-refractivity contribution >= 4 is 61.0 Å². The molecule has 94 valence electrons. The van der Waals surface area contributed by atoms with E-state index in [4.69, 9.17) is 11.6 Å². The molecule has 2 fully saturated rings. The van der Waals surface area contributed by atoms with Crippen LogP contribution in [0.3, 0.4) is 0 Å². The topological polar surface area (TPSA) is 37.4 Å². The number of hydrogen-bond donors (Lipinski definition) is 0. The highest BCUT2D eigenvalue weighted by molar-refractivity contribution is 9.25. The Kier molecular flexibility index (Phi) is 2.67. The number of carbonyl (C=O) groups excluding carboxylic acids is 2. The van der Waals surface area contributed by atoms with Crippen LogP contribution in [0.2, 0.25) is 5.02 Å². The SMILES string of the molecule is O=C1CC2(CC2(Br)Br)C(=O)N1c1ccc(Cl)cc1. The molecule has 0 aromatic heterocycles. The van der Waals surface area contributed by atoms with E-state index in [1.807, 2.05) is 0 Å². The van der Waals surface area contributed by atoms with Gasteiger partial charge in [0.05, 0.1) is 14.3 Å². The summed E-state index contributed by atoms with van der Waals surface area (Å²) in [5.41, 5.74) is -0.0436. The number of alkyl halides is 2. The summed E-state index contributed by atoms with van der Waals surface area (Å²) in [5.74, 6) is -0.313. The lowest BCUT2D eigenvalue weighted by molar-refractivity contribution is -0.122. The largest absolute Gasteiger partial charge is 0.274 e. The molecular formula is C12H8Br2ClNO2. The Hall–Kier alpha value is -0.390. The lowest BCUT2D eigenvalue weighted by Gasteiger charge is -2.15. The Morgan fingerprint density at radius 2 is 1.72 bits per heavy atom. The zero-order valence-electron chi connectivity index (χ0n) is 9.12. The first-order chi connectivity index (χ1) is 8.37. The molecule has 1 aliphatic heterocycles. The molecule has 1 aromatic carbocycles. The summed E-state index contributed by atoms with van der Waals surface area (Å²) in [7, 11) is 0. The molecule has 3 rings (SSSR count). The van der Waals surface area contributed by atoms with Gasteiger partial charge in [-0.2, -0.15) is 0 Å². The molecule has 1 atom stereocenters. The molecule has 0 radical (unpaired) electrons. The van der Waals surface area contributed by atoms with E-state index in [9.17, 15) is 9.59 Å². The van der Waals surface area contributed by atoms with Crippen molar-refractivity contribution in [1.82, 2.24) is 0 Å². The highest BCUT2D eigenvalue weighted by Crippen LogP contribution is 2.71. The fraction of sp³-hybridized carbons (Fsp3) is 0.333. The van der Waals surface area contributed by atoms with Crippen LogP contribution in [0.5, 0.6) is 0 Å². The van der Waals surface area contributed by atoms with E-state index in [2.05, 4.69) is 31.9 Å². The van der Waals surface area contributed by atoms with Crippen LogP contribution in [0, 0.1) is 5.41 Å². The number of hydrogen-bond acceptors (Lipinski definition) is 2. The highest BCUT2D eigenvalue weighted by atomic mass is 79.9. The van der Waals surface area contributed by atoms with E-state index in [-0.39, 0.29) is 18.2 Å². The number of amides is 2. The van der Waals surface area contributed by atoms with Gasteiger partial charge in [0.25, 0.3) is 0 Å². The lowest BCUT2D eigenvalue weighted by atomic mass is 10.1. The monoisotopic (exact) mass is 391 g/mol. The third-order valence-corrected chi connectivity index (χ3v) is 5.83. The first-order valence-corrected chi connectivity index (χ1v) is 7.35. The van der Waals surface area contributed by atoms with Crippen LogP contribution in [0.1, 0.15) is 12.8 Å². The minimum Gasteiger partial charge on any atom is -0.274 e. The average molecular weight is 393 g/mol. The van der Waals surface area contributed by atoms with Crippen LogP contribution in [-0.4, -0.2) is 15.0 Å². The minimum atomic E-state index is -0.621. The van der Waals surface area contributed by atoms with Gasteiger partial charge in [-0.1, -0.05) is 43.5 Å². The number of anilines is 1. The standard InChI is InChI=1S/C12H8Br2ClNO2/c13-12(14)6-11(12)5-9(17)16(10(11)18)8-3-1-7(15)2-4-8/h1-4H,5-6H2. The highest BCUT2D eigenvalue weighted by Gasteiger charge is 2.75. The molecule has 6 heteroatoms. The molecular weight excluding hydrogens is 385 g/mol. The van der Waals surface area contributed by atoms with Crippen molar-refractivity contribution in [2.45, 2.75) is 16.1 Å². The van der Waals surface area contributed by atoms with Crippen LogP contribution in [0.4, 0.5) is 5.69 Å². The van der Waals surface area contributed by atoms with Gasteiger partial charge in [-0.25, -0.2) is 4.90 Å². The first kappa shape index (κ1) is 12.6. The maximum Gasteiger partial charge on any atom is 0.242 e. The third-order valence-electron chi connectivity index (χ3n) is 3.50. The van der Waals surface area contributed by atoms with E-state index >= 15 is 0 Å². The second-order valence-electron chi connectivity index (χ2n) is 4.65. The van der Waals surface area contributed by atoms with E-state index in [1.165, 1.54) is 4.90 Å². The predicted octanol–water partition coefficient (Wildman–Crippen LogP) is 3.48. The number of nitrogens with zero attached hydrogens (tertiary/aromatic N) is 1. The summed E-state index contributed by atoms with van der Waals surface area (Å²) in [6.45, 7) is 0.